The van der Waals surface area contributed by atoms with Crippen LogP contribution in [0.2, 0.25) is 0 Å². The van der Waals surface area contributed by atoms with Gasteiger partial charge in [-0.15, -0.1) is 0 Å². The number of aryl methyl sites for hydroxylation is 2. The lowest BCUT2D eigenvalue weighted by atomic mass is 9.89. The molecule has 22 heavy (non-hydrogen) atoms. The third-order valence-corrected chi connectivity index (χ3v) is 4.18. The highest BCUT2D eigenvalue weighted by atomic mass is 14.9. The van der Waals surface area contributed by atoms with Gasteiger partial charge in [0.2, 0.25) is 0 Å². The maximum absolute atomic E-state index is 4.26. The zero-order valence-electron chi connectivity index (χ0n) is 14.0. The Morgan fingerprint density at radius 1 is 0.955 bits per heavy atom. The molecule has 0 aliphatic carbocycles. The fraction of sp³-hybridized carbons (Fsp3) is 0.333. The van der Waals surface area contributed by atoms with Crippen molar-refractivity contribution in [3.05, 3.63) is 83.1 Å². The highest BCUT2D eigenvalue weighted by molar-refractivity contribution is 5.33. The number of allylic oxidation sites excluding steroid dienone is 1. The second-order valence-corrected chi connectivity index (χ2v) is 5.89. The molecule has 0 aliphatic heterocycles. The van der Waals surface area contributed by atoms with Gasteiger partial charge in [0.15, 0.2) is 0 Å². The van der Waals surface area contributed by atoms with Crippen molar-refractivity contribution in [2.24, 2.45) is 0 Å². The molecule has 1 nitrogen and oxygen atoms in total. The summed E-state index contributed by atoms with van der Waals surface area (Å²) in [5.74, 6) is 0.313. The van der Waals surface area contributed by atoms with Crippen LogP contribution in [-0.2, 0) is 12.8 Å². The van der Waals surface area contributed by atoms with E-state index in [0.717, 1.165) is 25.1 Å². The molecule has 2 aromatic rings. The van der Waals surface area contributed by atoms with Crippen molar-refractivity contribution >= 4 is 0 Å². The molecule has 0 heterocycles. The Balaban J connectivity index is 2.23. The number of nitrogens with one attached hydrogen (secondary N) is 1. The van der Waals surface area contributed by atoms with E-state index in [2.05, 4.69) is 81.2 Å². The lowest BCUT2D eigenvalue weighted by Gasteiger charge is -2.21. The van der Waals surface area contributed by atoms with Gasteiger partial charge in [-0.1, -0.05) is 67.6 Å². The fourth-order valence-corrected chi connectivity index (χ4v) is 2.74. The van der Waals surface area contributed by atoms with E-state index in [1.54, 1.807) is 0 Å². The average Bonchev–Trinajstić information content (AvgIpc) is 2.54. The van der Waals surface area contributed by atoms with Crippen molar-refractivity contribution in [3.8, 4) is 0 Å². The monoisotopic (exact) mass is 293 g/mol. The minimum Gasteiger partial charge on any atom is -0.389 e. The summed E-state index contributed by atoms with van der Waals surface area (Å²) in [7, 11) is 0. The van der Waals surface area contributed by atoms with Gasteiger partial charge in [-0.25, -0.2) is 0 Å². The molecule has 0 saturated heterocycles. The molecule has 0 radical (unpaired) electrons. The van der Waals surface area contributed by atoms with E-state index in [4.69, 9.17) is 0 Å². The van der Waals surface area contributed by atoms with Crippen molar-refractivity contribution in [3.63, 3.8) is 0 Å². The SMILES string of the molecule is C=C(NCC)C(Cc1ccc(CC)cc1)c1ccc(C)cc1. The molecular weight excluding hydrogens is 266 g/mol. The number of benzene rings is 2. The molecule has 1 atom stereocenters. The van der Waals surface area contributed by atoms with Crippen LogP contribution in [0.1, 0.15) is 42.0 Å². The summed E-state index contributed by atoms with van der Waals surface area (Å²) in [5, 5.41) is 3.41. The van der Waals surface area contributed by atoms with Gasteiger partial charge in [-0.3, -0.25) is 0 Å². The summed E-state index contributed by atoms with van der Waals surface area (Å²) in [4.78, 5) is 0. The molecule has 1 unspecified atom stereocenters. The molecule has 116 valence electrons. The summed E-state index contributed by atoms with van der Waals surface area (Å²) in [5.41, 5.74) is 6.48. The molecule has 0 amide bonds. The highest BCUT2D eigenvalue weighted by Crippen LogP contribution is 2.26. The quantitative estimate of drug-likeness (QED) is 0.757. The first kappa shape index (κ1) is 16.4. The third-order valence-electron chi connectivity index (χ3n) is 4.18. The first-order valence-electron chi connectivity index (χ1n) is 8.21. The van der Waals surface area contributed by atoms with Gasteiger partial charge in [-0.05, 0) is 43.4 Å². The van der Waals surface area contributed by atoms with Gasteiger partial charge in [0.25, 0.3) is 0 Å². The van der Waals surface area contributed by atoms with Gasteiger partial charge in [0, 0.05) is 18.2 Å². The van der Waals surface area contributed by atoms with Gasteiger partial charge in [0.05, 0.1) is 0 Å². The second kappa shape index (κ2) is 7.84. The number of hydrogen-bond acceptors (Lipinski definition) is 1. The van der Waals surface area contributed by atoms with Crippen LogP contribution in [-0.4, -0.2) is 6.54 Å². The van der Waals surface area contributed by atoms with Gasteiger partial charge < -0.3 is 5.32 Å². The molecule has 0 fully saturated rings. The topological polar surface area (TPSA) is 12.0 Å². The smallest absolute Gasteiger partial charge is 0.0271 e. The normalized spacial score (nSPS) is 12.0. The van der Waals surface area contributed by atoms with Crippen molar-refractivity contribution in [2.45, 2.75) is 39.5 Å². The first-order chi connectivity index (χ1) is 10.6. The standard InChI is InChI=1S/C21H27N/c1-5-18-9-11-19(12-10-18)15-21(17(4)22-6-2)20-13-7-16(3)8-14-20/h7-14,21-22H,4-6,15H2,1-3H3. The third kappa shape index (κ3) is 4.24. The van der Waals surface area contributed by atoms with Gasteiger partial charge in [0.1, 0.15) is 0 Å². The molecular formula is C21H27N. The van der Waals surface area contributed by atoms with E-state index >= 15 is 0 Å². The van der Waals surface area contributed by atoms with Crippen LogP contribution in [0.3, 0.4) is 0 Å². The molecule has 0 aliphatic rings. The Kier molecular flexibility index (Phi) is 5.83. The van der Waals surface area contributed by atoms with E-state index in [9.17, 15) is 0 Å². The Morgan fingerprint density at radius 2 is 1.55 bits per heavy atom. The molecule has 2 aromatic carbocycles. The zero-order valence-corrected chi connectivity index (χ0v) is 14.0. The van der Waals surface area contributed by atoms with E-state index in [1.165, 1.54) is 22.3 Å². The van der Waals surface area contributed by atoms with Gasteiger partial charge in [-0.2, -0.15) is 0 Å². The van der Waals surface area contributed by atoms with Crippen LogP contribution in [0.4, 0.5) is 0 Å². The molecule has 0 saturated carbocycles. The van der Waals surface area contributed by atoms with Crippen LogP contribution in [0.5, 0.6) is 0 Å². The molecule has 2 rings (SSSR count). The molecule has 0 bridgehead atoms. The highest BCUT2D eigenvalue weighted by Gasteiger charge is 2.15. The molecule has 1 heteroatoms. The van der Waals surface area contributed by atoms with E-state index in [1.807, 2.05) is 0 Å². The summed E-state index contributed by atoms with van der Waals surface area (Å²) in [6, 6.07) is 17.8. The molecule has 0 aromatic heterocycles. The second-order valence-electron chi connectivity index (χ2n) is 5.89. The first-order valence-corrected chi connectivity index (χ1v) is 8.21. The molecule has 0 spiro atoms. The van der Waals surface area contributed by atoms with E-state index in [0.29, 0.717) is 5.92 Å². The predicted molar refractivity (Wildman–Crippen MR) is 96.3 cm³/mol. The maximum atomic E-state index is 4.26. The number of likely N-dealkylation sites (N-methyl/N-ethyl adjacent to an activating group) is 1. The van der Waals surface area contributed by atoms with Gasteiger partial charge >= 0.3 is 0 Å². The predicted octanol–water partition coefficient (Wildman–Crippen LogP) is 5.01. The maximum Gasteiger partial charge on any atom is 0.0271 e. The Labute approximate surface area is 135 Å². The summed E-state index contributed by atoms with van der Waals surface area (Å²) >= 11 is 0. The Morgan fingerprint density at radius 3 is 2.09 bits per heavy atom. The van der Waals surface area contributed by atoms with Crippen molar-refractivity contribution in [1.29, 1.82) is 0 Å². The minimum atomic E-state index is 0.313. The van der Waals surface area contributed by atoms with Crippen molar-refractivity contribution in [1.82, 2.24) is 5.32 Å². The van der Waals surface area contributed by atoms with Crippen molar-refractivity contribution in [2.75, 3.05) is 6.54 Å². The Bertz CT molecular complexity index is 593. The van der Waals surface area contributed by atoms with Crippen LogP contribution in [0.15, 0.2) is 60.8 Å². The summed E-state index contributed by atoms with van der Waals surface area (Å²) in [6.45, 7) is 11.6. The Hall–Kier alpha value is -2.02. The summed E-state index contributed by atoms with van der Waals surface area (Å²) in [6.07, 6.45) is 2.07. The van der Waals surface area contributed by atoms with Crippen LogP contribution >= 0.6 is 0 Å². The average molecular weight is 293 g/mol. The zero-order chi connectivity index (χ0) is 15.9. The summed E-state index contributed by atoms with van der Waals surface area (Å²) < 4.78 is 0. The van der Waals surface area contributed by atoms with Crippen LogP contribution < -0.4 is 5.32 Å². The van der Waals surface area contributed by atoms with Crippen LogP contribution in [0.25, 0.3) is 0 Å². The minimum absolute atomic E-state index is 0.313. The number of rotatable bonds is 7. The number of hydrogen-bond donors (Lipinski definition) is 1. The van der Waals surface area contributed by atoms with Crippen LogP contribution in [0, 0.1) is 6.92 Å². The fourth-order valence-electron chi connectivity index (χ4n) is 2.74. The van der Waals surface area contributed by atoms with E-state index in [-0.39, 0.29) is 0 Å². The molecule has 1 N–H and O–H groups in total. The van der Waals surface area contributed by atoms with E-state index < -0.39 is 0 Å². The lowest BCUT2D eigenvalue weighted by molar-refractivity contribution is 0.693. The lowest BCUT2D eigenvalue weighted by Crippen LogP contribution is -2.19. The largest absolute Gasteiger partial charge is 0.389 e. The van der Waals surface area contributed by atoms with Crippen molar-refractivity contribution < 1.29 is 0 Å².